The summed E-state index contributed by atoms with van der Waals surface area (Å²) in [6.45, 7) is 2.27. The fourth-order valence-corrected chi connectivity index (χ4v) is 3.48. The molecule has 8 heteroatoms. The predicted molar refractivity (Wildman–Crippen MR) is 105 cm³/mol. The molecule has 0 atom stereocenters. The van der Waals surface area contributed by atoms with Crippen LogP contribution in [0.5, 0.6) is 5.75 Å². The van der Waals surface area contributed by atoms with Gasteiger partial charge in [-0.05, 0) is 36.8 Å². The lowest BCUT2D eigenvalue weighted by atomic mass is 10.2. The summed E-state index contributed by atoms with van der Waals surface area (Å²) < 4.78 is 45.9. The normalized spacial score (nSPS) is 11.2. The molecule has 0 saturated heterocycles. The number of likely N-dealkylation sites (N-methyl/N-ethyl adjacent to an activating group) is 1. The first-order chi connectivity index (χ1) is 13.3. The fourth-order valence-electron chi connectivity index (χ4n) is 2.41. The van der Waals surface area contributed by atoms with Gasteiger partial charge in [0.2, 0.25) is 10.0 Å². The Morgan fingerprint density at radius 2 is 1.82 bits per heavy atom. The van der Waals surface area contributed by atoms with E-state index in [9.17, 15) is 17.6 Å². The van der Waals surface area contributed by atoms with Crippen molar-refractivity contribution in [3.05, 3.63) is 59.9 Å². The van der Waals surface area contributed by atoms with E-state index in [2.05, 4.69) is 4.72 Å². The molecule has 2 rings (SSSR count). The number of rotatable bonds is 10. The minimum absolute atomic E-state index is 0.134. The molecule has 0 aromatic heterocycles. The molecule has 0 heterocycles. The van der Waals surface area contributed by atoms with Crippen LogP contribution in [0.2, 0.25) is 0 Å². The van der Waals surface area contributed by atoms with E-state index in [-0.39, 0.29) is 29.8 Å². The van der Waals surface area contributed by atoms with Gasteiger partial charge in [0.15, 0.2) is 6.61 Å². The van der Waals surface area contributed by atoms with Gasteiger partial charge in [-0.1, -0.05) is 31.5 Å². The molecular weight excluding hydrogens is 383 g/mol. The third-order valence-corrected chi connectivity index (χ3v) is 5.59. The molecule has 0 aliphatic heterocycles. The number of nitrogens with zero attached hydrogens (tertiary/aromatic N) is 1. The Kier molecular flexibility index (Phi) is 7.95. The van der Waals surface area contributed by atoms with Crippen molar-refractivity contribution in [2.75, 3.05) is 20.2 Å². The van der Waals surface area contributed by atoms with Crippen molar-refractivity contribution in [3.8, 4) is 5.75 Å². The molecule has 0 saturated carbocycles. The second kappa shape index (κ2) is 10.2. The van der Waals surface area contributed by atoms with Gasteiger partial charge in [-0.25, -0.2) is 17.5 Å². The summed E-state index contributed by atoms with van der Waals surface area (Å²) in [4.78, 5) is 13.7. The third-order valence-electron chi connectivity index (χ3n) is 4.11. The molecule has 1 N–H and O–H groups in total. The number of hydrogen-bond acceptors (Lipinski definition) is 4. The Labute approximate surface area is 165 Å². The van der Waals surface area contributed by atoms with E-state index in [1.54, 1.807) is 25.2 Å². The fraction of sp³-hybridized carbons (Fsp3) is 0.350. The first-order valence-electron chi connectivity index (χ1n) is 9.03. The highest BCUT2D eigenvalue weighted by atomic mass is 32.2. The standard InChI is InChI=1S/C20H25FN2O4S/c1-3-4-13-22-28(25,26)18-11-9-17(10-12-18)27-15-20(24)23(2)14-16-7-5-6-8-19(16)21/h5-12,22H,3-4,13-15H2,1-2H3. The molecule has 0 radical (unpaired) electrons. The van der Waals surface area contributed by atoms with Gasteiger partial charge in [0.05, 0.1) is 4.90 Å². The van der Waals surface area contributed by atoms with Crippen molar-refractivity contribution in [3.63, 3.8) is 0 Å². The Hall–Kier alpha value is -2.45. The molecule has 2 aromatic carbocycles. The first kappa shape index (κ1) is 21.8. The molecule has 6 nitrogen and oxygen atoms in total. The lowest BCUT2D eigenvalue weighted by Gasteiger charge is -2.18. The predicted octanol–water partition coefficient (Wildman–Crippen LogP) is 2.94. The van der Waals surface area contributed by atoms with Crippen LogP contribution in [-0.4, -0.2) is 39.4 Å². The number of sulfonamides is 1. The Morgan fingerprint density at radius 1 is 1.14 bits per heavy atom. The molecule has 0 unspecified atom stereocenters. The molecule has 1 amide bonds. The molecule has 0 aliphatic rings. The van der Waals surface area contributed by atoms with E-state index >= 15 is 0 Å². The smallest absolute Gasteiger partial charge is 0.260 e. The zero-order chi connectivity index (χ0) is 20.6. The van der Waals surface area contributed by atoms with Crippen molar-refractivity contribution in [1.29, 1.82) is 0 Å². The van der Waals surface area contributed by atoms with Crippen molar-refractivity contribution in [2.24, 2.45) is 0 Å². The summed E-state index contributed by atoms with van der Waals surface area (Å²) in [6, 6.07) is 12.1. The van der Waals surface area contributed by atoms with Gasteiger partial charge < -0.3 is 9.64 Å². The highest BCUT2D eigenvalue weighted by molar-refractivity contribution is 7.89. The lowest BCUT2D eigenvalue weighted by molar-refractivity contribution is -0.132. The minimum Gasteiger partial charge on any atom is -0.484 e. The van der Waals surface area contributed by atoms with Crippen molar-refractivity contribution in [1.82, 2.24) is 9.62 Å². The number of carbonyl (C=O) groups excluding carboxylic acids is 1. The van der Waals surface area contributed by atoms with Crippen LogP contribution in [-0.2, 0) is 21.4 Å². The average molecular weight is 408 g/mol. The highest BCUT2D eigenvalue weighted by Gasteiger charge is 2.15. The van der Waals surface area contributed by atoms with E-state index < -0.39 is 10.0 Å². The monoisotopic (exact) mass is 408 g/mol. The molecule has 2 aromatic rings. The molecule has 0 bridgehead atoms. The number of unbranched alkanes of at least 4 members (excludes halogenated alkanes) is 1. The number of amides is 1. The summed E-state index contributed by atoms with van der Waals surface area (Å²) in [6.07, 6.45) is 1.66. The maximum absolute atomic E-state index is 13.7. The van der Waals surface area contributed by atoms with Crippen LogP contribution in [0.4, 0.5) is 4.39 Å². The second-order valence-electron chi connectivity index (χ2n) is 6.35. The maximum atomic E-state index is 13.7. The maximum Gasteiger partial charge on any atom is 0.260 e. The van der Waals surface area contributed by atoms with Crippen molar-refractivity contribution < 1.29 is 22.3 Å². The summed E-state index contributed by atoms with van der Waals surface area (Å²) in [7, 11) is -1.98. The Bertz CT molecular complexity index is 885. The second-order valence-corrected chi connectivity index (χ2v) is 8.12. The third kappa shape index (κ3) is 6.31. The zero-order valence-corrected chi connectivity index (χ0v) is 16.8. The van der Waals surface area contributed by atoms with Crippen molar-refractivity contribution >= 4 is 15.9 Å². The van der Waals surface area contributed by atoms with Crippen LogP contribution in [0, 0.1) is 5.82 Å². The molecular formula is C20H25FN2O4S. The van der Waals surface area contributed by atoms with Gasteiger partial charge in [-0.15, -0.1) is 0 Å². The minimum atomic E-state index is -3.55. The topological polar surface area (TPSA) is 75.7 Å². The highest BCUT2D eigenvalue weighted by Crippen LogP contribution is 2.16. The summed E-state index contributed by atoms with van der Waals surface area (Å²) in [5, 5.41) is 0. The quantitative estimate of drug-likeness (QED) is 0.614. The molecule has 0 spiro atoms. The molecule has 0 aliphatic carbocycles. The van der Waals surface area contributed by atoms with Crippen molar-refractivity contribution in [2.45, 2.75) is 31.2 Å². The van der Waals surface area contributed by atoms with E-state index in [1.807, 2.05) is 6.92 Å². The van der Waals surface area contributed by atoms with E-state index in [0.717, 1.165) is 12.8 Å². The van der Waals surface area contributed by atoms with Gasteiger partial charge in [-0.3, -0.25) is 4.79 Å². The number of carbonyl (C=O) groups is 1. The van der Waals surface area contributed by atoms with Crippen LogP contribution in [0.25, 0.3) is 0 Å². The lowest BCUT2D eigenvalue weighted by Crippen LogP contribution is -2.31. The van der Waals surface area contributed by atoms with Crippen LogP contribution in [0.1, 0.15) is 25.3 Å². The first-order valence-corrected chi connectivity index (χ1v) is 10.5. The molecule has 152 valence electrons. The van der Waals surface area contributed by atoms with Gasteiger partial charge >= 0.3 is 0 Å². The molecule has 0 fully saturated rings. The number of hydrogen-bond donors (Lipinski definition) is 1. The SMILES string of the molecule is CCCCNS(=O)(=O)c1ccc(OCC(=O)N(C)Cc2ccccc2F)cc1. The summed E-state index contributed by atoms with van der Waals surface area (Å²) >= 11 is 0. The Morgan fingerprint density at radius 3 is 2.46 bits per heavy atom. The van der Waals surface area contributed by atoms with E-state index in [4.69, 9.17) is 4.74 Å². The van der Waals surface area contributed by atoms with Crippen LogP contribution in [0.15, 0.2) is 53.4 Å². The van der Waals surface area contributed by atoms with Gasteiger partial charge in [0.25, 0.3) is 5.91 Å². The van der Waals surface area contributed by atoms with E-state index in [1.165, 1.54) is 35.2 Å². The summed E-state index contributed by atoms with van der Waals surface area (Å²) in [5.41, 5.74) is 0.420. The van der Waals surface area contributed by atoms with Gasteiger partial charge in [0.1, 0.15) is 11.6 Å². The largest absolute Gasteiger partial charge is 0.484 e. The number of nitrogens with one attached hydrogen (secondary N) is 1. The van der Waals surface area contributed by atoms with Crippen LogP contribution in [0.3, 0.4) is 0 Å². The van der Waals surface area contributed by atoms with Crippen LogP contribution < -0.4 is 9.46 Å². The van der Waals surface area contributed by atoms with Gasteiger partial charge in [-0.2, -0.15) is 0 Å². The van der Waals surface area contributed by atoms with E-state index in [0.29, 0.717) is 17.9 Å². The van der Waals surface area contributed by atoms with Gasteiger partial charge in [0, 0.05) is 25.7 Å². The van der Waals surface area contributed by atoms with Crippen LogP contribution >= 0.6 is 0 Å². The number of benzene rings is 2. The Balaban J connectivity index is 1.88. The summed E-state index contributed by atoms with van der Waals surface area (Å²) in [5.74, 6) is -0.311. The number of halogens is 1. The number of ether oxygens (including phenoxy) is 1. The zero-order valence-electron chi connectivity index (χ0n) is 16.0. The molecule has 28 heavy (non-hydrogen) atoms. The average Bonchev–Trinajstić information content (AvgIpc) is 2.68.